The zero-order chi connectivity index (χ0) is 16.8. The molecule has 1 saturated heterocycles. The van der Waals surface area contributed by atoms with Crippen molar-refractivity contribution in [2.45, 2.75) is 0 Å². The molecule has 0 aromatic heterocycles. The van der Waals surface area contributed by atoms with Gasteiger partial charge in [-0.05, 0) is 29.5 Å². The van der Waals surface area contributed by atoms with Gasteiger partial charge in [-0.15, -0.1) is 5.10 Å². The number of nitrogens with one attached hydrogen (secondary N) is 1. The second-order valence-electron chi connectivity index (χ2n) is 4.13. The van der Waals surface area contributed by atoms with Gasteiger partial charge in [-0.3, -0.25) is 10.1 Å². The minimum atomic E-state index is -0.634. The van der Waals surface area contributed by atoms with Gasteiger partial charge in [-0.2, -0.15) is 5.10 Å². The molecule has 0 aliphatic carbocycles. The van der Waals surface area contributed by atoms with Gasteiger partial charge in [0.15, 0.2) is 16.7 Å². The van der Waals surface area contributed by atoms with E-state index in [0.29, 0.717) is 5.56 Å². The van der Waals surface area contributed by atoms with Crippen molar-refractivity contribution in [3.8, 4) is 5.75 Å². The fourth-order valence-electron chi connectivity index (χ4n) is 1.55. The molecule has 0 unspecified atom stereocenters. The van der Waals surface area contributed by atoms with Crippen LogP contribution in [0.2, 0.25) is 0 Å². The third-order valence-electron chi connectivity index (χ3n) is 2.63. The molecule has 1 aromatic carbocycles. The van der Waals surface area contributed by atoms with Crippen LogP contribution >= 0.6 is 11.8 Å². The van der Waals surface area contributed by atoms with Crippen LogP contribution in [0.15, 0.2) is 39.4 Å². The molecule has 0 atom stereocenters. The van der Waals surface area contributed by atoms with Crippen molar-refractivity contribution in [2.24, 2.45) is 10.2 Å². The first kappa shape index (κ1) is 16.7. The summed E-state index contributed by atoms with van der Waals surface area (Å²) >= 11 is 0.959. The van der Waals surface area contributed by atoms with Crippen molar-refractivity contribution in [1.29, 1.82) is 0 Å². The van der Waals surface area contributed by atoms with Crippen molar-refractivity contribution in [3.05, 3.63) is 40.6 Å². The number of carbonyl (C=O) groups excluding carboxylic acids is 2. The number of amidine groups is 1. The maximum Gasteiger partial charge on any atom is 0.331 e. The van der Waals surface area contributed by atoms with Crippen molar-refractivity contribution in [3.63, 3.8) is 0 Å². The Labute approximate surface area is 135 Å². The lowest BCUT2D eigenvalue weighted by Gasteiger charge is -2.01. The van der Waals surface area contributed by atoms with E-state index < -0.39 is 17.7 Å². The third-order valence-corrected chi connectivity index (χ3v) is 3.53. The Morgan fingerprint density at radius 3 is 2.87 bits per heavy atom. The molecule has 1 fully saturated rings. The van der Waals surface area contributed by atoms with E-state index in [9.17, 15) is 14.0 Å². The lowest BCUT2D eigenvalue weighted by molar-refractivity contribution is -0.135. The van der Waals surface area contributed by atoms with Crippen LogP contribution in [0.3, 0.4) is 0 Å². The van der Waals surface area contributed by atoms with Gasteiger partial charge in [-0.1, -0.05) is 6.07 Å². The van der Waals surface area contributed by atoms with Crippen LogP contribution in [-0.4, -0.2) is 37.5 Å². The van der Waals surface area contributed by atoms with Gasteiger partial charge in [0.25, 0.3) is 5.91 Å². The Kier molecular flexibility index (Phi) is 5.47. The summed E-state index contributed by atoms with van der Waals surface area (Å²) in [6.07, 6.45) is 2.45. The summed E-state index contributed by atoms with van der Waals surface area (Å²) in [5.74, 6) is -1.48. The molecule has 9 heteroatoms. The van der Waals surface area contributed by atoms with E-state index in [1.54, 1.807) is 0 Å². The molecule has 0 bridgehead atoms. The summed E-state index contributed by atoms with van der Waals surface area (Å²) < 4.78 is 22.6. The number of carbonyl (C=O) groups is 2. The summed E-state index contributed by atoms with van der Waals surface area (Å²) in [6, 6.07) is 4.21. The highest BCUT2D eigenvalue weighted by Crippen LogP contribution is 2.23. The van der Waals surface area contributed by atoms with Crippen LogP contribution in [-0.2, 0) is 14.3 Å². The topological polar surface area (TPSA) is 89.3 Å². The van der Waals surface area contributed by atoms with E-state index in [2.05, 4.69) is 20.3 Å². The SMILES string of the molecule is COC(=O)/C=C1/S/C(=N\N=Cc2ccc(F)c(OC)c2)NC1=O. The van der Waals surface area contributed by atoms with Crippen molar-refractivity contribution in [1.82, 2.24) is 5.32 Å². The lowest BCUT2D eigenvalue weighted by Crippen LogP contribution is -2.19. The van der Waals surface area contributed by atoms with E-state index in [1.165, 1.54) is 38.6 Å². The summed E-state index contributed by atoms with van der Waals surface area (Å²) in [7, 11) is 2.58. The zero-order valence-corrected chi connectivity index (χ0v) is 13.0. The highest BCUT2D eigenvalue weighted by molar-refractivity contribution is 8.18. The van der Waals surface area contributed by atoms with Gasteiger partial charge in [-0.25, -0.2) is 9.18 Å². The monoisotopic (exact) mass is 337 g/mol. The number of rotatable bonds is 4. The van der Waals surface area contributed by atoms with Crippen LogP contribution in [0, 0.1) is 5.82 Å². The molecule has 1 aromatic rings. The van der Waals surface area contributed by atoms with Crippen molar-refractivity contribution in [2.75, 3.05) is 14.2 Å². The second kappa shape index (κ2) is 7.54. The molecule has 1 heterocycles. The molecule has 0 spiro atoms. The number of hydrogen-bond acceptors (Lipinski definition) is 7. The first-order valence-corrected chi connectivity index (χ1v) is 7.08. The highest BCUT2D eigenvalue weighted by atomic mass is 32.2. The van der Waals surface area contributed by atoms with Gasteiger partial charge in [0, 0.05) is 6.08 Å². The fraction of sp³-hybridized carbons (Fsp3) is 0.143. The molecular weight excluding hydrogens is 325 g/mol. The Morgan fingerprint density at radius 1 is 1.39 bits per heavy atom. The number of ether oxygens (including phenoxy) is 2. The molecule has 1 aliphatic rings. The Bertz CT molecular complexity index is 731. The van der Waals surface area contributed by atoms with E-state index in [4.69, 9.17) is 4.74 Å². The Balaban J connectivity index is 2.08. The third kappa shape index (κ3) is 4.39. The number of benzene rings is 1. The summed E-state index contributed by atoms with van der Waals surface area (Å²) in [5.41, 5.74) is 0.576. The van der Waals surface area contributed by atoms with Gasteiger partial charge in [0.2, 0.25) is 0 Å². The smallest absolute Gasteiger partial charge is 0.331 e. The average molecular weight is 337 g/mol. The normalized spacial score (nSPS) is 17.8. The standard InChI is InChI=1S/C14H12FN3O4S/c1-21-10-5-8(3-4-9(10)15)7-16-18-14-17-13(20)11(23-14)6-12(19)22-2/h3-7H,1-2H3,(H,17,18,20)/b11-6+,16-7?. The quantitative estimate of drug-likeness (QED) is 0.389. The lowest BCUT2D eigenvalue weighted by atomic mass is 10.2. The molecule has 0 saturated carbocycles. The van der Waals surface area contributed by atoms with Crippen LogP contribution in [0.4, 0.5) is 4.39 Å². The number of halogens is 1. The molecule has 7 nitrogen and oxygen atoms in total. The second-order valence-corrected chi connectivity index (χ2v) is 5.16. The molecular formula is C14H12FN3O4S. The minimum absolute atomic E-state index is 0.0912. The van der Waals surface area contributed by atoms with Crippen molar-refractivity contribution < 1.29 is 23.5 Å². The number of thioether (sulfide) groups is 1. The number of amides is 1. The first-order valence-electron chi connectivity index (χ1n) is 6.27. The zero-order valence-electron chi connectivity index (χ0n) is 12.2. The van der Waals surface area contributed by atoms with E-state index >= 15 is 0 Å². The van der Waals surface area contributed by atoms with E-state index in [1.807, 2.05) is 0 Å². The predicted molar refractivity (Wildman–Crippen MR) is 83.8 cm³/mol. The molecule has 1 N–H and O–H groups in total. The molecule has 2 rings (SSSR count). The summed E-state index contributed by atoms with van der Waals surface area (Å²) in [6.45, 7) is 0. The maximum absolute atomic E-state index is 13.3. The predicted octanol–water partition coefficient (Wildman–Crippen LogP) is 1.44. The number of nitrogens with zero attached hydrogens (tertiary/aromatic N) is 2. The van der Waals surface area contributed by atoms with Gasteiger partial charge >= 0.3 is 5.97 Å². The minimum Gasteiger partial charge on any atom is -0.494 e. The number of hydrogen-bond donors (Lipinski definition) is 1. The number of methoxy groups -OCH3 is 2. The number of esters is 1. The molecule has 1 amide bonds. The van der Waals surface area contributed by atoms with Crippen LogP contribution in [0.1, 0.15) is 5.56 Å². The molecule has 23 heavy (non-hydrogen) atoms. The summed E-state index contributed by atoms with van der Waals surface area (Å²) in [4.78, 5) is 22.9. The van der Waals surface area contributed by atoms with Gasteiger partial charge < -0.3 is 9.47 Å². The molecule has 0 radical (unpaired) electrons. The fourth-order valence-corrected chi connectivity index (χ4v) is 2.28. The first-order chi connectivity index (χ1) is 11.0. The van der Waals surface area contributed by atoms with E-state index in [-0.39, 0.29) is 15.8 Å². The van der Waals surface area contributed by atoms with Crippen LogP contribution < -0.4 is 10.1 Å². The van der Waals surface area contributed by atoms with Crippen molar-refractivity contribution >= 4 is 35.0 Å². The summed E-state index contributed by atoms with van der Waals surface area (Å²) in [5, 5.41) is 10.3. The highest BCUT2D eigenvalue weighted by Gasteiger charge is 2.24. The molecule has 120 valence electrons. The van der Waals surface area contributed by atoms with Gasteiger partial charge in [0.05, 0.1) is 25.3 Å². The molecule has 1 aliphatic heterocycles. The Morgan fingerprint density at radius 2 is 2.17 bits per heavy atom. The van der Waals surface area contributed by atoms with Crippen LogP contribution in [0.25, 0.3) is 0 Å². The largest absolute Gasteiger partial charge is 0.494 e. The maximum atomic E-state index is 13.3. The Hall–Kier alpha value is -2.68. The van der Waals surface area contributed by atoms with Gasteiger partial charge in [0.1, 0.15) is 0 Å². The van der Waals surface area contributed by atoms with Crippen LogP contribution in [0.5, 0.6) is 5.75 Å². The van der Waals surface area contributed by atoms with E-state index in [0.717, 1.165) is 17.8 Å². The average Bonchev–Trinajstić information content (AvgIpc) is 2.88.